The van der Waals surface area contributed by atoms with E-state index < -0.39 is 36.3 Å². The van der Waals surface area contributed by atoms with Crippen LogP contribution in [0.25, 0.3) is 0 Å². The first-order valence-corrected chi connectivity index (χ1v) is 12.5. The highest BCUT2D eigenvalue weighted by atomic mass is 32.1. The molecule has 0 fully saturated rings. The minimum absolute atomic E-state index is 0.0450. The Morgan fingerprint density at radius 3 is 2.18 bits per heavy atom. The van der Waals surface area contributed by atoms with Crippen molar-refractivity contribution in [3.05, 3.63) is 70.2 Å². The van der Waals surface area contributed by atoms with Gasteiger partial charge in [0, 0.05) is 5.69 Å². The number of carbonyl (C=O) groups is 4. The van der Waals surface area contributed by atoms with E-state index in [9.17, 15) is 24.3 Å². The Morgan fingerprint density at radius 2 is 1.66 bits per heavy atom. The number of benzene rings is 2. The molecule has 1 heterocycles. The predicted molar refractivity (Wildman–Crippen MR) is 143 cm³/mol. The first-order valence-electron chi connectivity index (χ1n) is 11.8. The summed E-state index contributed by atoms with van der Waals surface area (Å²) in [5.41, 5.74) is 12.6. The van der Waals surface area contributed by atoms with Crippen LogP contribution in [-0.2, 0) is 14.3 Å². The van der Waals surface area contributed by atoms with E-state index in [1.54, 1.807) is 19.1 Å². The maximum absolute atomic E-state index is 14.0. The monoisotopic (exact) mass is 539 g/mol. The van der Waals surface area contributed by atoms with Crippen LogP contribution in [0.3, 0.4) is 0 Å². The highest BCUT2D eigenvalue weighted by Crippen LogP contribution is 2.34. The highest BCUT2D eigenvalue weighted by Gasteiger charge is 2.36. The molecular weight excluding hydrogens is 510 g/mol. The smallest absolute Gasteiger partial charge is 0.325 e. The molecule has 38 heavy (non-hydrogen) atoms. The largest absolute Gasteiger partial charge is 0.508 e. The van der Waals surface area contributed by atoms with E-state index in [-0.39, 0.29) is 34.5 Å². The number of nitrogen functional groups attached to an aromatic ring is 1. The number of phenolic OH excluding ortho intramolecular Hbond substituents is 1. The molecule has 12 heteroatoms. The molecule has 11 nitrogen and oxygen atoms in total. The van der Waals surface area contributed by atoms with Crippen LogP contribution >= 0.6 is 11.5 Å². The minimum Gasteiger partial charge on any atom is -0.508 e. The molecule has 1 atom stereocenters. The summed E-state index contributed by atoms with van der Waals surface area (Å²) in [5, 5.41) is 12.3. The number of ether oxygens (including phenoxy) is 1. The summed E-state index contributed by atoms with van der Waals surface area (Å²) in [6, 6.07) is 11.4. The molecule has 200 valence electrons. The second kappa shape index (κ2) is 12.2. The predicted octanol–water partition coefficient (Wildman–Crippen LogP) is 2.72. The van der Waals surface area contributed by atoms with Gasteiger partial charge < -0.3 is 26.6 Å². The summed E-state index contributed by atoms with van der Waals surface area (Å²) in [5.74, 6) is -2.78. The van der Waals surface area contributed by atoms with Gasteiger partial charge >= 0.3 is 5.97 Å². The summed E-state index contributed by atoms with van der Waals surface area (Å²) in [4.78, 5) is 52.3. The Bertz CT molecular complexity index is 1320. The lowest BCUT2D eigenvalue weighted by Gasteiger charge is -2.31. The van der Waals surface area contributed by atoms with Crippen molar-refractivity contribution in [2.24, 2.45) is 5.73 Å². The second-order valence-electron chi connectivity index (χ2n) is 8.58. The van der Waals surface area contributed by atoms with Crippen LogP contribution in [0, 0.1) is 0 Å². The summed E-state index contributed by atoms with van der Waals surface area (Å²) in [7, 11) is 0. The molecule has 0 aliphatic rings. The van der Waals surface area contributed by atoms with Crippen LogP contribution in [0.15, 0.2) is 48.5 Å². The Balaban J connectivity index is 2.16. The maximum Gasteiger partial charge on any atom is 0.325 e. The molecule has 3 aromatic rings. The quantitative estimate of drug-likeness (QED) is 0.284. The van der Waals surface area contributed by atoms with E-state index in [1.165, 1.54) is 29.2 Å². The van der Waals surface area contributed by atoms with Gasteiger partial charge in [0.05, 0.1) is 12.3 Å². The molecule has 0 aliphatic heterocycles. The summed E-state index contributed by atoms with van der Waals surface area (Å²) in [6.07, 6.45) is 0. The lowest BCUT2D eigenvalue weighted by atomic mass is 10.00. The van der Waals surface area contributed by atoms with Gasteiger partial charge in [-0.1, -0.05) is 38.1 Å². The number of aromatic hydroxyl groups is 1. The van der Waals surface area contributed by atoms with Crippen molar-refractivity contribution >= 4 is 46.6 Å². The summed E-state index contributed by atoms with van der Waals surface area (Å²) < 4.78 is 8.82. The number of amides is 3. The zero-order chi connectivity index (χ0) is 28.0. The van der Waals surface area contributed by atoms with Gasteiger partial charge in [0.15, 0.2) is 5.69 Å². The second-order valence-corrected chi connectivity index (χ2v) is 9.35. The zero-order valence-electron chi connectivity index (χ0n) is 21.1. The van der Waals surface area contributed by atoms with Crippen LogP contribution in [-0.4, -0.2) is 46.3 Å². The van der Waals surface area contributed by atoms with Crippen molar-refractivity contribution in [1.82, 2.24) is 9.69 Å². The number of primary amides is 1. The fraction of sp³-hybridized carbons (Fsp3) is 0.269. The Morgan fingerprint density at radius 1 is 1.05 bits per heavy atom. The number of hydrogen-bond acceptors (Lipinski definition) is 9. The fourth-order valence-electron chi connectivity index (χ4n) is 3.68. The molecular formula is C26H29N5O6S. The van der Waals surface area contributed by atoms with Gasteiger partial charge in [-0.3, -0.25) is 24.1 Å². The topological polar surface area (TPSA) is 178 Å². The van der Waals surface area contributed by atoms with Crippen molar-refractivity contribution < 1.29 is 29.0 Å². The van der Waals surface area contributed by atoms with Crippen molar-refractivity contribution in [2.45, 2.75) is 32.7 Å². The van der Waals surface area contributed by atoms with Crippen molar-refractivity contribution in [1.29, 1.82) is 0 Å². The molecule has 0 unspecified atom stereocenters. The molecule has 0 saturated carbocycles. The van der Waals surface area contributed by atoms with Crippen LogP contribution < -0.4 is 21.7 Å². The van der Waals surface area contributed by atoms with Gasteiger partial charge in [-0.25, -0.2) is 0 Å². The number of phenols is 1. The number of rotatable bonds is 10. The Kier molecular flexibility index (Phi) is 9.02. The van der Waals surface area contributed by atoms with E-state index in [1.807, 2.05) is 26.0 Å². The average Bonchev–Trinajstić information content (AvgIpc) is 3.28. The van der Waals surface area contributed by atoms with Gasteiger partial charge in [0.25, 0.3) is 11.8 Å². The number of aromatic nitrogens is 1. The van der Waals surface area contributed by atoms with Gasteiger partial charge in [0.2, 0.25) is 5.91 Å². The maximum atomic E-state index is 14.0. The van der Waals surface area contributed by atoms with Crippen molar-refractivity contribution in [2.75, 3.05) is 23.8 Å². The van der Waals surface area contributed by atoms with Crippen LogP contribution in [0.5, 0.6) is 5.75 Å². The molecule has 0 aliphatic carbocycles. The molecule has 0 saturated heterocycles. The van der Waals surface area contributed by atoms with E-state index in [0.717, 1.165) is 5.56 Å². The SMILES string of the molecule is CCOC(=O)CNC(=O)[C@@H](c1ccc(O)cc1)N(C(=O)c1snc(C(N)=O)c1N)c1ccc(C(C)C)cc1. The first kappa shape index (κ1) is 28.1. The molecule has 2 aromatic carbocycles. The summed E-state index contributed by atoms with van der Waals surface area (Å²) in [6.45, 7) is 5.38. The van der Waals surface area contributed by atoms with Gasteiger partial charge in [-0.2, -0.15) is 4.37 Å². The molecule has 6 N–H and O–H groups in total. The van der Waals surface area contributed by atoms with E-state index >= 15 is 0 Å². The van der Waals surface area contributed by atoms with Crippen molar-refractivity contribution in [3.63, 3.8) is 0 Å². The number of nitrogens with two attached hydrogens (primary N) is 2. The van der Waals surface area contributed by atoms with Crippen molar-refractivity contribution in [3.8, 4) is 5.75 Å². The molecule has 0 radical (unpaired) electrons. The number of nitrogens with one attached hydrogen (secondary N) is 1. The third-order valence-electron chi connectivity index (χ3n) is 5.64. The first-order chi connectivity index (χ1) is 18.0. The standard InChI is InChI=1S/C26H29N5O6S/c1-4-37-19(33)13-29-25(35)22(16-7-11-18(32)12-8-16)31(17-9-5-15(6-10-17)14(2)3)26(36)23-20(27)21(24(28)34)30-38-23/h5-12,14,22,32H,4,13,27H2,1-3H3,(H2,28,34)(H,29,35)/t22-/m1/s1. The van der Waals surface area contributed by atoms with E-state index in [2.05, 4.69) is 9.69 Å². The lowest BCUT2D eigenvalue weighted by molar-refractivity contribution is -0.143. The third kappa shape index (κ3) is 6.27. The number of anilines is 2. The Hall–Kier alpha value is -4.45. The average molecular weight is 540 g/mol. The molecule has 3 rings (SSSR count). The minimum atomic E-state index is -1.30. The number of nitrogens with zero attached hydrogens (tertiary/aromatic N) is 2. The Labute approximate surface area is 223 Å². The molecule has 0 bridgehead atoms. The van der Waals surface area contributed by atoms with Crippen LogP contribution in [0.2, 0.25) is 0 Å². The number of carbonyl (C=O) groups excluding carboxylic acids is 4. The van der Waals surface area contributed by atoms with E-state index in [0.29, 0.717) is 22.8 Å². The zero-order valence-corrected chi connectivity index (χ0v) is 22.0. The number of esters is 1. The van der Waals surface area contributed by atoms with Gasteiger partial charge in [-0.15, -0.1) is 0 Å². The van der Waals surface area contributed by atoms with E-state index in [4.69, 9.17) is 16.2 Å². The third-order valence-corrected chi connectivity index (χ3v) is 6.49. The number of hydrogen-bond donors (Lipinski definition) is 4. The van der Waals surface area contributed by atoms with Crippen LogP contribution in [0.4, 0.5) is 11.4 Å². The van der Waals surface area contributed by atoms with Crippen LogP contribution in [0.1, 0.15) is 64.0 Å². The van der Waals surface area contributed by atoms with Gasteiger partial charge in [-0.05, 0) is 59.8 Å². The molecule has 1 aromatic heterocycles. The molecule has 0 spiro atoms. The highest BCUT2D eigenvalue weighted by molar-refractivity contribution is 7.09. The van der Waals surface area contributed by atoms with Gasteiger partial charge in [0.1, 0.15) is 23.2 Å². The molecule has 3 amide bonds. The fourth-order valence-corrected chi connectivity index (χ4v) is 4.43. The lowest BCUT2D eigenvalue weighted by Crippen LogP contribution is -2.45. The normalized spacial score (nSPS) is 11.6. The summed E-state index contributed by atoms with van der Waals surface area (Å²) >= 11 is 0.682.